The summed E-state index contributed by atoms with van der Waals surface area (Å²) in [7, 11) is 0. The zero-order valence-electron chi connectivity index (χ0n) is 17.4. The Morgan fingerprint density at radius 2 is 2.06 bits per heavy atom. The number of aliphatic hydroxyl groups is 2. The van der Waals surface area contributed by atoms with Gasteiger partial charge in [0.1, 0.15) is 18.5 Å². The van der Waals surface area contributed by atoms with Crippen LogP contribution >= 0.6 is 23.4 Å². The van der Waals surface area contributed by atoms with E-state index in [9.17, 15) is 9.90 Å². The molecule has 31 heavy (non-hydrogen) atoms. The van der Waals surface area contributed by atoms with Gasteiger partial charge in [0.2, 0.25) is 0 Å². The Balaban J connectivity index is 1.88. The molecule has 164 valence electrons. The molecule has 2 aromatic carbocycles. The first-order valence-electron chi connectivity index (χ1n) is 10.00. The standard InChI is InChI=1S/C23H25ClN2O4S/c1-3-10-25-23-26(19-7-5-4-6-15(19)2)22(29)21(31-23)12-16-8-9-20(18(24)11-16)30-14-17(28)13-27/h4-9,11-12,17,27-28H,3,10,13-14H2,1-2H3/b21-12-,25-23-. The van der Waals surface area contributed by atoms with Gasteiger partial charge in [-0.05, 0) is 60.5 Å². The lowest BCUT2D eigenvalue weighted by molar-refractivity contribution is -0.113. The number of hydrogen-bond acceptors (Lipinski definition) is 6. The van der Waals surface area contributed by atoms with Crippen molar-refractivity contribution in [2.24, 2.45) is 4.99 Å². The lowest BCUT2D eigenvalue weighted by atomic mass is 10.1. The van der Waals surface area contributed by atoms with E-state index in [1.54, 1.807) is 29.2 Å². The first-order valence-corrected chi connectivity index (χ1v) is 11.2. The molecule has 1 aliphatic rings. The van der Waals surface area contributed by atoms with Crippen LogP contribution in [0.25, 0.3) is 6.08 Å². The Bertz CT molecular complexity index is 1010. The fraction of sp³-hybridized carbons (Fsp3) is 0.304. The van der Waals surface area contributed by atoms with Crippen LogP contribution in [0.3, 0.4) is 0 Å². The van der Waals surface area contributed by atoms with Crippen LogP contribution in [0, 0.1) is 6.92 Å². The highest BCUT2D eigenvalue weighted by Gasteiger charge is 2.35. The van der Waals surface area contributed by atoms with Crippen LogP contribution in [0.5, 0.6) is 5.75 Å². The van der Waals surface area contributed by atoms with Gasteiger partial charge in [0.15, 0.2) is 5.17 Å². The fourth-order valence-corrected chi connectivity index (χ4v) is 4.17. The molecule has 0 radical (unpaired) electrons. The third-order valence-corrected chi connectivity index (χ3v) is 5.83. The number of halogens is 1. The van der Waals surface area contributed by atoms with Crippen molar-refractivity contribution in [2.45, 2.75) is 26.4 Å². The SMILES string of the molecule is CCC/N=C1\S/C(=C\c2ccc(OCC(O)CO)c(Cl)c2)C(=O)N1c1ccccc1C. The number of amidine groups is 1. The van der Waals surface area contributed by atoms with Crippen LogP contribution in [0.4, 0.5) is 5.69 Å². The van der Waals surface area contributed by atoms with Gasteiger partial charge in [0.25, 0.3) is 5.91 Å². The highest BCUT2D eigenvalue weighted by atomic mass is 35.5. The third kappa shape index (κ3) is 5.68. The van der Waals surface area contributed by atoms with Gasteiger partial charge < -0.3 is 14.9 Å². The predicted octanol–water partition coefficient (Wildman–Crippen LogP) is 4.27. The largest absolute Gasteiger partial charge is 0.489 e. The Morgan fingerprint density at radius 1 is 1.29 bits per heavy atom. The van der Waals surface area contributed by atoms with E-state index in [4.69, 9.17) is 21.4 Å². The summed E-state index contributed by atoms with van der Waals surface area (Å²) in [6, 6.07) is 12.9. The average Bonchev–Trinajstić information content (AvgIpc) is 3.06. The van der Waals surface area contributed by atoms with E-state index >= 15 is 0 Å². The molecule has 1 fully saturated rings. The van der Waals surface area contributed by atoms with Crippen LogP contribution in [0.15, 0.2) is 52.4 Å². The van der Waals surface area contributed by atoms with Crippen LogP contribution in [-0.4, -0.2) is 47.2 Å². The lowest BCUT2D eigenvalue weighted by Crippen LogP contribution is -2.29. The number of amides is 1. The van der Waals surface area contributed by atoms with Crippen molar-refractivity contribution in [3.63, 3.8) is 0 Å². The number of ether oxygens (including phenoxy) is 1. The highest BCUT2D eigenvalue weighted by molar-refractivity contribution is 8.19. The number of aliphatic hydroxyl groups excluding tert-OH is 2. The number of aryl methyl sites for hydroxylation is 1. The molecule has 1 heterocycles. The van der Waals surface area contributed by atoms with E-state index in [1.165, 1.54) is 11.8 Å². The van der Waals surface area contributed by atoms with Gasteiger partial charge in [-0.2, -0.15) is 0 Å². The van der Waals surface area contributed by atoms with Gasteiger partial charge in [0, 0.05) is 6.54 Å². The molecule has 2 aromatic rings. The van der Waals surface area contributed by atoms with Gasteiger partial charge in [-0.3, -0.25) is 14.7 Å². The summed E-state index contributed by atoms with van der Waals surface area (Å²) in [4.78, 5) is 20.1. The number of carbonyl (C=O) groups excluding carboxylic acids is 1. The van der Waals surface area contributed by atoms with E-state index in [2.05, 4.69) is 4.99 Å². The second kappa shape index (κ2) is 10.8. The van der Waals surface area contributed by atoms with Gasteiger partial charge in [0.05, 0.1) is 22.2 Å². The number of thioether (sulfide) groups is 1. The fourth-order valence-electron chi connectivity index (χ4n) is 2.93. The molecule has 2 N–H and O–H groups in total. The Hall–Kier alpha value is -2.32. The maximum atomic E-state index is 13.2. The second-order valence-corrected chi connectivity index (χ2v) is 8.46. The summed E-state index contributed by atoms with van der Waals surface area (Å²) in [6.45, 7) is 4.21. The van der Waals surface area contributed by atoms with Crippen LogP contribution in [0.1, 0.15) is 24.5 Å². The minimum absolute atomic E-state index is 0.0619. The van der Waals surface area contributed by atoms with Crippen molar-refractivity contribution in [3.8, 4) is 5.75 Å². The lowest BCUT2D eigenvalue weighted by Gasteiger charge is -2.18. The molecule has 8 heteroatoms. The molecular weight excluding hydrogens is 436 g/mol. The number of aliphatic imine (C=N–C) groups is 1. The summed E-state index contributed by atoms with van der Waals surface area (Å²) in [5.74, 6) is 0.269. The van der Waals surface area contributed by atoms with Crippen LogP contribution in [-0.2, 0) is 4.79 Å². The molecule has 1 atom stereocenters. The number of hydrogen-bond donors (Lipinski definition) is 2. The van der Waals surface area contributed by atoms with Crippen molar-refractivity contribution in [1.29, 1.82) is 0 Å². The molecule has 0 saturated carbocycles. The van der Waals surface area contributed by atoms with Crippen molar-refractivity contribution < 1.29 is 19.7 Å². The summed E-state index contributed by atoms with van der Waals surface area (Å²) >= 11 is 7.64. The predicted molar refractivity (Wildman–Crippen MR) is 127 cm³/mol. The van der Waals surface area contributed by atoms with E-state index in [1.807, 2.05) is 38.1 Å². The normalized spacial score (nSPS) is 17.6. The average molecular weight is 461 g/mol. The number of anilines is 1. The number of benzene rings is 2. The van der Waals surface area contributed by atoms with Gasteiger partial charge >= 0.3 is 0 Å². The third-order valence-electron chi connectivity index (χ3n) is 4.53. The zero-order valence-corrected chi connectivity index (χ0v) is 19.0. The van der Waals surface area contributed by atoms with E-state index in [0.29, 0.717) is 27.4 Å². The Labute approximate surface area is 191 Å². The highest BCUT2D eigenvalue weighted by Crippen LogP contribution is 2.38. The minimum atomic E-state index is -0.973. The number of carbonyl (C=O) groups is 1. The van der Waals surface area contributed by atoms with Gasteiger partial charge in [-0.25, -0.2) is 0 Å². The molecule has 0 aromatic heterocycles. The molecule has 0 bridgehead atoms. The molecule has 0 aliphatic carbocycles. The number of nitrogens with zero attached hydrogens (tertiary/aromatic N) is 2. The van der Waals surface area contributed by atoms with E-state index in [0.717, 1.165) is 23.2 Å². The smallest absolute Gasteiger partial charge is 0.271 e. The molecule has 1 aliphatic heterocycles. The molecule has 0 spiro atoms. The van der Waals surface area contributed by atoms with Crippen LogP contribution in [0.2, 0.25) is 5.02 Å². The van der Waals surface area contributed by atoms with Crippen LogP contribution < -0.4 is 9.64 Å². The molecule has 1 unspecified atom stereocenters. The minimum Gasteiger partial charge on any atom is -0.489 e. The molecule has 1 amide bonds. The first-order chi connectivity index (χ1) is 14.9. The summed E-state index contributed by atoms with van der Waals surface area (Å²) < 4.78 is 5.42. The number of rotatable bonds is 8. The topological polar surface area (TPSA) is 82.4 Å². The molecular formula is C23H25ClN2O4S. The Kier molecular flexibility index (Phi) is 8.15. The maximum absolute atomic E-state index is 13.2. The first kappa shape index (κ1) is 23.3. The molecule has 3 rings (SSSR count). The molecule has 1 saturated heterocycles. The summed E-state index contributed by atoms with van der Waals surface area (Å²) in [5.41, 5.74) is 2.57. The number of para-hydroxylation sites is 1. The van der Waals surface area contributed by atoms with Crippen molar-refractivity contribution >= 4 is 46.2 Å². The molecule has 6 nitrogen and oxygen atoms in total. The van der Waals surface area contributed by atoms with Gasteiger partial charge in [-0.1, -0.05) is 42.8 Å². The van der Waals surface area contributed by atoms with Crippen molar-refractivity contribution in [1.82, 2.24) is 0 Å². The summed E-state index contributed by atoms with van der Waals surface area (Å²) in [6.07, 6.45) is 1.70. The van der Waals surface area contributed by atoms with E-state index < -0.39 is 6.10 Å². The van der Waals surface area contributed by atoms with Crippen molar-refractivity contribution in [3.05, 3.63) is 63.5 Å². The second-order valence-electron chi connectivity index (χ2n) is 7.04. The summed E-state index contributed by atoms with van der Waals surface area (Å²) in [5, 5.41) is 19.3. The maximum Gasteiger partial charge on any atom is 0.271 e. The monoisotopic (exact) mass is 460 g/mol. The van der Waals surface area contributed by atoms with Crippen molar-refractivity contribution in [2.75, 3.05) is 24.7 Å². The van der Waals surface area contributed by atoms with Gasteiger partial charge in [-0.15, -0.1) is 0 Å². The Morgan fingerprint density at radius 3 is 2.74 bits per heavy atom. The quantitative estimate of drug-likeness (QED) is 0.575. The zero-order chi connectivity index (χ0) is 22.4. The van der Waals surface area contributed by atoms with E-state index in [-0.39, 0.29) is 19.1 Å².